The van der Waals surface area contributed by atoms with E-state index in [1.807, 2.05) is 128 Å². The van der Waals surface area contributed by atoms with Crippen LogP contribution >= 0.6 is 0 Å². The smallest absolute Gasteiger partial charge is 0.0997 e. The van der Waals surface area contributed by atoms with E-state index in [1.165, 1.54) is 0 Å². The number of hydrogen-bond donors (Lipinski definition) is 0. The minimum atomic E-state index is 0. The summed E-state index contributed by atoms with van der Waals surface area (Å²) in [5.41, 5.74) is 9.56. The van der Waals surface area contributed by atoms with Crippen molar-refractivity contribution in [3.05, 3.63) is 171 Å². The number of rotatable bonds is 4. The number of aryl methyl sites for hydroxylation is 1. The summed E-state index contributed by atoms with van der Waals surface area (Å²) < 4.78 is 0. The Morgan fingerprint density at radius 3 is 2.05 bits per heavy atom. The molecule has 6 rings (SSSR count). The third-order valence-electron chi connectivity index (χ3n) is 6.17. The minimum absolute atomic E-state index is 0. The van der Waals surface area contributed by atoms with Crippen molar-refractivity contribution in [2.24, 2.45) is 0 Å². The summed E-state index contributed by atoms with van der Waals surface area (Å²) in [6.45, 7) is 6.99. The van der Waals surface area contributed by atoms with E-state index < -0.39 is 0 Å². The molecule has 3 nitrogen and oxygen atoms in total. The minimum Gasteiger partial charge on any atom is -0.358 e. The molecule has 0 saturated carbocycles. The maximum Gasteiger partial charge on any atom is 0.0997 e. The first-order valence-corrected chi connectivity index (χ1v) is 13.4. The molecule has 211 valence electrons. The van der Waals surface area contributed by atoms with Gasteiger partial charge in [-0.3, -0.25) is 0 Å². The van der Waals surface area contributed by atoms with Crippen LogP contribution < -0.4 is 0 Å². The SMILES string of the molecule is Cc1cccc(-c2[c-]cccc2)n1.N#Cc1cc(-c2ccccc2)ccc1-c1cc[c-]c(-c2ccccn2)c1.[CH2-]C.[CH3-].[Pr]. The number of benzene rings is 4. The van der Waals surface area contributed by atoms with Gasteiger partial charge in [0.05, 0.1) is 11.6 Å². The van der Waals surface area contributed by atoms with Crippen LogP contribution in [0.25, 0.3) is 44.8 Å². The van der Waals surface area contributed by atoms with Crippen LogP contribution in [0.1, 0.15) is 18.2 Å². The molecule has 6 aromatic rings. The normalized spacial score (nSPS) is 9.35. The van der Waals surface area contributed by atoms with Crippen molar-refractivity contribution in [3.63, 3.8) is 0 Å². The van der Waals surface area contributed by atoms with Crippen LogP contribution in [0.2, 0.25) is 0 Å². The Bertz CT molecular complexity index is 1710. The maximum atomic E-state index is 9.67. The summed E-state index contributed by atoms with van der Waals surface area (Å²) in [5.74, 6) is 0. The van der Waals surface area contributed by atoms with Gasteiger partial charge in [0.15, 0.2) is 0 Å². The van der Waals surface area contributed by atoms with Gasteiger partial charge in [-0.2, -0.15) is 12.2 Å². The van der Waals surface area contributed by atoms with E-state index >= 15 is 0 Å². The molecule has 0 amide bonds. The molecule has 4 heteroatoms. The molecule has 0 N–H and O–H groups in total. The molecule has 43 heavy (non-hydrogen) atoms. The summed E-state index contributed by atoms with van der Waals surface area (Å²) in [4.78, 5) is 8.80. The van der Waals surface area contributed by atoms with E-state index in [-0.39, 0.29) is 48.7 Å². The Morgan fingerprint density at radius 2 is 1.37 bits per heavy atom. The third-order valence-corrected chi connectivity index (χ3v) is 6.17. The molecule has 0 bridgehead atoms. The molecule has 4 aromatic carbocycles. The largest absolute Gasteiger partial charge is 0.358 e. The van der Waals surface area contributed by atoms with Crippen molar-refractivity contribution in [2.75, 3.05) is 0 Å². The average Bonchev–Trinajstić information content (AvgIpc) is 3.07. The van der Waals surface area contributed by atoms with Crippen LogP contribution in [-0.2, 0) is 0 Å². The van der Waals surface area contributed by atoms with Crippen LogP contribution in [0, 0.1) is 86.0 Å². The predicted octanol–water partition coefficient (Wildman–Crippen LogP) is 9.90. The van der Waals surface area contributed by atoms with Crippen LogP contribution in [0.4, 0.5) is 0 Å². The quantitative estimate of drug-likeness (QED) is 0.174. The zero-order valence-electron chi connectivity index (χ0n) is 24.8. The van der Waals surface area contributed by atoms with Crippen molar-refractivity contribution in [1.29, 1.82) is 5.26 Å². The Morgan fingerprint density at radius 1 is 0.651 bits per heavy atom. The van der Waals surface area contributed by atoms with Crippen molar-refractivity contribution in [2.45, 2.75) is 13.8 Å². The van der Waals surface area contributed by atoms with Gasteiger partial charge in [-0.15, -0.1) is 65.7 Å². The summed E-state index contributed by atoms with van der Waals surface area (Å²) in [7, 11) is 0. The summed E-state index contributed by atoms with van der Waals surface area (Å²) >= 11 is 0. The van der Waals surface area contributed by atoms with Crippen molar-refractivity contribution in [1.82, 2.24) is 9.97 Å². The summed E-state index contributed by atoms with van der Waals surface area (Å²) in [6.07, 6.45) is 1.77. The van der Waals surface area contributed by atoms with E-state index in [0.29, 0.717) is 5.56 Å². The third kappa shape index (κ3) is 9.79. The second-order valence-corrected chi connectivity index (χ2v) is 8.88. The molecule has 2 aromatic heterocycles. The number of hydrogen-bond acceptors (Lipinski definition) is 3. The van der Waals surface area contributed by atoms with Gasteiger partial charge in [-0.25, -0.2) is 0 Å². The van der Waals surface area contributed by atoms with Crippen molar-refractivity contribution in [3.8, 4) is 50.8 Å². The monoisotopic (exact) mass is 684 g/mol. The Labute approximate surface area is 290 Å². The molecular formula is C39H33N3Pr-4. The van der Waals surface area contributed by atoms with Gasteiger partial charge in [0.2, 0.25) is 0 Å². The van der Waals surface area contributed by atoms with Gasteiger partial charge < -0.3 is 24.3 Å². The maximum absolute atomic E-state index is 9.67. The number of pyridine rings is 2. The first-order valence-electron chi connectivity index (χ1n) is 13.4. The van der Waals surface area contributed by atoms with Gasteiger partial charge in [0, 0.05) is 53.2 Å². The topological polar surface area (TPSA) is 49.6 Å². The molecule has 1 radical (unpaired) electrons. The van der Waals surface area contributed by atoms with Gasteiger partial charge in [-0.1, -0.05) is 72.3 Å². The molecule has 0 atom stereocenters. The van der Waals surface area contributed by atoms with E-state index in [2.05, 4.69) is 41.2 Å². The Hall–Kier alpha value is -3.97. The molecule has 0 aliphatic heterocycles. The van der Waals surface area contributed by atoms with Gasteiger partial charge in [0.1, 0.15) is 0 Å². The number of aromatic nitrogens is 2. The van der Waals surface area contributed by atoms with E-state index in [1.54, 1.807) is 13.1 Å². The van der Waals surface area contributed by atoms with E-state index in [0.717, 1.165) is 50.5 Å². The second-order valence-electron chi connectivity index (χ2n) is 8.88. The predicted molar refractivity (Wildman–Crippen MR) is 175 cm³/mol. The van der Waals surface area contributed by atoms with Crippen molar-refractivity contribution >= 4 is 0 Å². The average molecular weight is 685 g/mol. The number of nitrogens with zero attached hydrogens (tertiary/aromatic N) is 3. The fraction of sp³-hybridized carbons (Fsp3) is 0.0513. The van der Waals surface area contributed by atoms with Gasteiger partial charge in [0.25, 0.3) is 0 Å². The van der Waals surface area contributed by atoms with Crippen LogP contribution in [0.3, 0.4) is 0 Å². The summed E-state index contributed by atoms with van der Waals surface area (Å²) in [5, 5.41) is 9.67. The standard InChI is InChI=1S/C24H15N2.C12H10N.C2H5.CH3.Pr/c25-17-22-15-19(18-7-2-1-3-8-18)12-13-23(22)20-9-6-10-21(16-20)24-11-4-5-14-26-24;1-10-6-5-9-12(13-10)11-7-3-2-4-8-11;1-2;;/h1-9,11-16H;2-7,9H,1H3;1H2,2H3;1H3;/q4*-1;. The number of nitriles is 1. The van der Waals surface area contributed by atoms with Crippen LogP contribution in [0.15, 0.2) is 134 Å². The van der Waals surface area contributed by atoms with Gasteiger partial charge >= 0.3 is 0 Å². The summed E-state index contributed by atoms with van der Waals surface area (Å²) in [6, 6.07) is 50.4. The van der Waals surface area contributed by atoms with Gasteiger partial charge in [-0.05, 0) is 53.2 Å². The Kier molecular flexibility index (Phi) is 15.2. The first kappa shape index (κ1) is 35.2. The van der Waals surface area contributed by atoms with E-state index in [9.17, 15) is 5.26 Å². The molecular weight excluding hydrogens is 651 g/mol. The Balaban J connectivity index is 0.000000322. The van der Waals surface area contributed by atoms with E-state index in [4.69, 9.17) is 0 Å². The molecule has 0 unspecified atom stereocenters. The molecule has 0 fully saturated rings. The van der Waals surface area contributed by atoms with Crippen LogP contribution in [0.5, 0.6) is 0 Å². The zero-order chi connectivity index (χ0) is 28.9. The van der Waals surface area contributed by atoms with Crippen LogP contribution in [-0.4, -0.2) is 9.97 Å². The van der Waals surface area contributed by atoms with Crippen molar-refractivity contribution < 1.29 is 41.3 Å². The molecule has 2 heterocycles. The molecule has 0 aliphatic rings. The molecule has 0 saturated heterocycles. The fourth-order valence-electron chi connectivity index (χ4n) is 4.25. The molecule has 0 spiro atoms. The fourth-order valence-corrected chi connectivity index (χ4v) is 4.25. The first-order chi connectivity index (χ1) is 20.2. The zero-order valence-corrected chi connectivity index (χ0v) is 28.5. The molecule has 0 aliphatic carbocycles. The second kappa shape index (κ2) is 18.5.